The molecule has 1 aliphatic heterocycles. The van der Waals surface area contributed by atoms with Gasteiger partial charge in [0.15, 0.2) is 0 Å². The van der Waals surface area contributed by atoms with Crippen LogP contribution in [0.2, 0.25) is 0 Å². The number of likely N-dealkylation sites (tertiary alicyclic amines) is 1. The lowest BCUT2D eigenvalue weighted by Gasteiger charge is -2.31. The zero-order valence-electron chi connectivity index (χ0n) is 27.5. The van der Waals surface area contributed by atoms with E-state index in [0.29, 0.717) is 23.1 Å². The first-order valence-corrected chi connectivity index (χ1v) is 15.6. The Balaban J connectivity index is 0.00000576. The number of nitriles is 1. The van der Waals surface area contributed by atoms with Crippen LogP contribution in [0.15, 0.2) is 41.3 Å². The van der Waals surface area contributed by atoms with Crippen molar-refractivity contribution in [2.75, 3.05) is 19.6 Å². The van der Waals surface area contributed by atoms with E-state index in [4.69, 9.17) is 0 Å². The molecule has 0 bridgehead atoms. The Morgan fingerprint density at radius 2 is 1.67 bits per heavy atom. The first-order valence-electron chi connectivity index (χ1n) is 15.6. The molecule has 8 nitrogen and oxygen atoms in total. The number of hydrogen-bond acceptors (Lipinski definition) is 5. The van der Waals surface area contributed by atoms with Crippen molar-refractivity contribution in [3.8, 4) is 17.2 Å². The van der Waals surface area contributed by atoms with Gasteiger partial charge in [-0.25, -0.2) is 4.39 Å². The summed E-state index contributed by atoms with van der Waals surface area (Å²) >= 11 is 0. The van der Waals surface area contributed by atoms with Crippen LogP contribution in [0.1, 0.15) is 84.1 Å². The number of carboxylic acids is 1. The highest BCUT2D eigenvalue weighted by Crippen LogP contribution is 2.34. The van der Waals surface area contributed by atoms with Gasteiger partial charge in [0.2, 0.25) is 5.91 Å². The summed E-state index contributed by atoms with van der Waals surface area (Å²) in [5, 5.41) is 22.0. The van der Waals surface area contributed by atoms with Crippen LogP contribution < -0.4 is 10.9 Å². The lowest BCUT2D eigenvalue weighted by molar-refractivity contribution is -0.138. The third-order valence-electron chi connectivity index (χ3n) is 8.68. The van der Waals surface area contributed by atoms with Crippen LogP contribution in [-0.2, 0) is 16.0 Å². The smallest absolute Gasteiger partial charge is 0.305 e. The molecule has 1 aliphatic rings. The zero-order chi connectivity index (χ0) is 33.0. The van der Waals surface area contributed by atoms with E-state index in [1.165, 1.54) is 11.0 Å². The largest absolute Gasteiger partial charge is 0.481 e. The number of pyridine rings is 1. The van der Waals surface area contributed by atoms with Gasteiger partial charge in [-0.2, -0.15) is 18.8 Å². The van der Waals surface area contributed by atoms with Crippen LogP contribution in [0.5, 0.6) is 0 Å². The number of amides is 1. The Hall–Kier alpha value is -3.94. The number of aryl methyl sites for hydroxylation is 4. The molecule has 0 spiro atoms. The number of nitrogens with one attached hydrogen (secondary N) is 1. The van der Waals surface area contributed by atoms with E-state index >= 15 is 4.39 Å². The third kappa shape index (κ3) is 8.45. The minimum Gasteiger partial charge on any atom is -0.481 e. The van der Waals surface area contributed by atoms with Crippen molar-refractivity contribution < 1.29 is 19.1 Å². The van der Waals surface area contributed by atoms with E-state index in [2.05, 4.69) is 16.3 Å². The molecular weight excluding hydrogens is 603 g/mol. The SMILES string of the molecule is Cc1cc(=O)n(C(CC(C)C)C(=O)N[C@@H](CC(=O)O)c2cc(-c3c(C)cc(C#N)cc3C)cc(C)c2F)cc1CCN1CCC1.S. The van der Waals surface area contributed by atoms with E-state index in [9.17, 15) is 24.8 Å². The predicted octanol–water partition coefficient (Wildman–Crippen LogP) is 6.04. The molecule has 1 unspecified atom stereocenters. The van der Waals surface area contributed by atoms with Gasteiger partial charge in [-0.3, -0.25) is 14.4 Å². The summed E-state index contributed by atoms with van der Waals surface area (Å²) in [5.41, 5.74) is 5.52. The Morgan fingerprint density at radius 3 is 2.22 bits per heavy atom. The lowest BCUT2D eigenvalue weighted by Crippen LogP contribution is -2.41. The summed E-state index contributed by atoms with van der Waals surface area (Å²) in [4.78, 5) is 41.7. The summed E-state index contributed by atoms with van der Waals surface area (Å²) in [6.07, 6.45) is 3.48. The lowest BCUT2D eigenvalue weighted by atomic mass is 9.89. The number of benzene rings is 2. The number of carboxylic acid groups (broad SMARTS) is 1. The molecule has 0 radical (unpaired) electrons. The highest BCUT2D eigenvalue weighted by molar-refractivity contribution is 7.59. The van der Waals surface area contributed by atoms with Crippen LogP contribution in [-0.4, -0.2) is 46.1 Å². The van der Waals surface area contributed by atoms with Gasteiger partial charge >= 0.3 is 5.97 Å². The topological polar surface area (TPSA) is 115 Å². The molecule has 1 saturated heterocycles. The highest BCUT2D eigenvalue weighted by Gasteiger charge is 2.29. The second-order valence-electron chi connectivity index (χ2n) is 12.8. The van der Waals surface area contributed by atoms with Gasteiger partial charge in [-0.1, -0.05) is 13.8 Å². The van der Waals surface area contributed by atoms with Gasteiger partial charge in [0.1, 0.15) is 11.9 Å². The standard InChI is InChI=1S/C36H43FN4O4.H2S/c1-21(2)12-31(41-20-27(22(3)16-32(41)42)8-11-40-9-7-10-40)36(45)39-30(18-33(43)44)29-17-28(15-25(6)35(29)37)34-23(4)13-26(19-38)14-24(34)5;/h13-17,20-21,30-31H,7-12,18H2,1-6H3,(H,39,45)(H,43,44);1H2/t30-,31?;/m0./s1. The van der Waals surface area contributed by atoms with Gasteiger partial charge in [-0.15, -0.1) is 0 Å². The molecule has 2 aromatic carbocycles. The Kier molecular flexibility index (Phi) is 12.4. The summed E-state index contributed by atoms with van der Waals surface area (Å²) in [6, 6.07) is 8.39. The normalized spacial score (nSPS) is 14.2. The van der Waals surface area contributed by atoms with Gasteiger partial charge < -0.3 is 19.9 Å². The van der Waals surface area contributed by atoms with E-state index in [-0.39, 0.29) is 30.5 Å². The van der Waals surface area contributed by atoms with E-state index in [1.807, 2.05) is 34.6 Å². The molecule has 2 N–H and O–H groups in total. The van der Waals surface area contributed by atoms with Gasteiger partial charge in [0.25, 0.3) is 5.56 Å². The van der Waals surface area contributed by atoms with Crippen molar-refractivity contribution in [3.63, 3.8) is 0 Å². The monoisotopic (exact) mass is 648 g/mol. The van der Waals surface area contributed by atoms with Crippen molar-refractivity contribution in [2.24, 2.45) is 5.92 Å². The average molecular weight is 649 g/mol. The Labute approximate surface area is 277 Å². The molecule has 1 aromatic heterocycles. The summed E-state index contributed by atoms with van der Waals surface area (Å²) in [7, 11) is 0. The predicted molar refractivity (Wildman–Crippen MR) is 183 cm³/mol. The van der Waals surface area contributed by atoms with Crippen molar-refractivity contribution in [1.29, 1.82) is 5.26 Å². The molecule has 10 heteroatoms. The fourth-order valence-electron chi connectivity index (χ4n) is 6.23. The van der Waals surface area contributed by atoms with Crippen molar-refractivity contribution in [1.82, 2.24) is 14.8 Å². The minimum absolute atomic E-state index is 0. The number of carbonyl (C=O) groups is 2. The van der Waals surface area contributed by atoms with Gasteiger partial charge in [0.05, 0.1) is 24.1 Å². The molecule has 0 saturated carbocycles. The van der Waals surface area contributed by atoms with Crippen LogP contribution in [0.25, 0.3) is 11.1 Å². The van der Waals surface area contributed by atoms with Crippen molar-refractivity contribution >= 4 is 25.4 Å². The molecule has 4 rings (SSSR count). The summed E-state index contributed by atoms with van der Waals surface area (Å²) in [6.45, 7) is 14.1. The maximum absolute atomic E-state index is 15.8. The molecule has 1 amide bonds. The second-order valence-corrected chi connectivity index (χ2v) is 12.8. The maximum atomic E-state index is 15.8. The number of aliphatic carboxylic acids is 1. The van der Waals surface area contributed by atoms with E-state index < -0.39 is 36.2 Å². The number of halogens is 1. The molecule has 0 aliphatic carbocycles. The molecule has 246 valence electrons. The first-order chi connectivity index (χ1) is 21.3. The fraction of sp³-hybridized carbons (Fsp3) is 0.444. The van der Waals surface area contributed by atoms with Gasteiger partial charge in [-0.05, 0) is 129 Å². The van der Waals surface area contributed by atoms with Crippen LogP contribution in [0.3, 0.4) is 0 Å². The minimum atomic E-state index is -1.20. The Bertz CT molecular complexity index is 1680. The summed E-state index contributed by atoms with van der Waals surface area (Å²) < 4.78 is 17.3. The number of carbonyl (C=O) groups excluding carboxylic acids is 1. The second kappa shape index (κ2) is 15.6. The number of rotatable bonds is 12. The highest BCUT2D eigenvalue weighted by atomic mass is 32.1. The van der Waals surface area contributed by atoms with E-state index in [0.717, 1.165) is 53.9 Å². The van der Waals surface area contributed by atoms with Crippen LogP contribution in [0.4, 0.5) is 4.39 Å². The van der Waals surface area contributed by atoms with Crippen LogP contribution in [0, 0.1) is 50.8 Å². The first kappa shape index (κ1) is 36.5. The quantitative estimate of drug-likeness (QED) is 0.248. The Morgan fingerprint density at radius 1 is 1.02 bits per heavy atom. The van der Waals surface area contributed by atoms with Crippen LogP contribution >= 0.6 is 13.5 Å². The van der Waals surface area contributed by atoms with Crippen molar-refractivity contribution in [3.05, 3.63) is 91.6 Å². The average Bonchev–Trinajstić information content (AvgIpc) is 2.92. The van der Waals surface area contributed by atoms with Crippen molar-refractivity contribution in [2.45, 2.75) is 79.3 Å². The zero-order valence-corrected chi connectivity index (χ0v) is 28.5. The fourth-order valence-corrected chi connectivity index (χ4v) is 6.23. The van der Waals surface area contributed by atoms with Gasteiger partial charge in [0, 0.05) is 24.4 Å². The molecule has 46 heavy (non-hydrogen) atoms. The molecule has 2 atom stereocenters. The molecule has 2 heterocycles. The number of aromatic nitrogens is 1. The molecular formula is C36H45FN4O4S. The molecule has 1 fully saturated rings. The number of hydrogen-bond donors (Lipinski definition) is 2. The summed E-state index contributed by atoms with van der Waals surface area (Å²) in [5.74, 6) is -2.30. The molecule has 3 aromatic rings. The maximum Gasteiger partial charge on any atom is 0.305 e. The number of nitrogens with zero attached hydrogens (tertiary/aromatic N) is 3. The van der Waals surface area contributed by atoms with E-state index in [1.54, 1.807) is 43.5 Å². The third-order valence-corrected chi connectivity index (χ3v) is 8.68.